The molecule has 0 bridgehead atoms. The first-order valence-electron chi connectivity index (χ1n) is 7.02. The lowest BCUT2D eigenvalue weighted by Gasteiger charge is -2.37. The third-order valence-corrected chi connectivity index (χ3v) is 3.77. The zero-order valence-electron chi connectivity index (χ0n) is 11.8. The summed E-state index contributed by atoms with van der Waals surface area (Å²) in [5, 5.41) is 3.18. The van der Waals surface area contributed by atoms with Gasteiger partial charge in [-0.1, -0.05) is 5.92 Å². The zero-order valence-corrected chi connectivity index (χ0v) is 11.8. The third kappa shape index (κ3) is 4.12. The molecule has 1 atom stereocenters. The smallest absolute Gasteiger partial charge is 0.194 e. The highest BCUT2D eigenvalue weighted by Crippen LogP contribution is 2.15. The molecule has 0 amide bonds. The maximum atomic E-state index is 5.43. The van der Waals surface area contributed by atoms with E-state index in [0.717, 1.165) is 51.3 Å². The fourth-order valence-electron chi connectivity index (χ4n) is 2.70. The van der Waals surface area contributed by atoms with E-state index in [-0.39, 0.29) is 0 Å². The molecule has 0 aromatic rings. The Morgan fingerprint density at radius 3 is 2.79 bits per heavy atom. The molecule has 19 heavy (non-hydrogen) atoms. The predicted octanol–water partition coefficient (Wildman–Crippen LogP) is -0.151. The van der Waals surface area contributed by atoms with Gasteiger partial charge in [-0.25, -0.2) is 0 Å². The molecule has 0 aliphatic carbocycles. The van der Waals surface area contributed by atoms with Crippen molar-refractivity contribution in [1.29, 1.82) is 0 Å². The number of guanidine groups is 1. The van der Waals surface area contributed by atoms with Crippen molar-refractivity contribution in [2.45, 2.75) is 6.42 Å². The fourth-order valence-corrected chi connectivity index (χ4v) is 2.70. The van der Waals surface area contributed by atoms with Crippen LogP contribution in [0.2, 0.25) is 0 Å². The summed E-state index contributed by atoms with van der Waals surface area (Å²) in [5.41, 5.74) is 0. The van der Waals surface area contributed by atoms with Crippen LogP contribution in [0.5, 0.6) is 0 Å². The van der Waals surface area contributed by atoms with Crippen molar-refractivity contribution in [3.63, 3.8) is 0 Å². The molecule has 1 N–H and O–H groups in total. The number of nitrogens with one attached hydrogen (secondary N) is 1. The van der Waals surface area contributed by atoms with E-state index in [0.29, 0.717) is 6.54 Å². The van der Waals surface area contributed by atoms with E-state index in [1.54, 1.807) is 7.05 Å². The molecule has 2 saturated heterocycles. The fraction of sp³-hybridized carbons (Fsp3) is 0.786. The van der Waals surface area contributed by atoms with Crippen LogP contribution in [0.25, 0.3) is 0 Å². The molecule has 2 aliphatic heterocycles. The molecular weight excluding hydrogens is 240 g/mol. The maximum absolute atomic E-state index is 5.43. The van der Waals surface area contributed by atoms with Gasteiger partial charge in [0.05, 0.1) is 13.2 Å². The van der Waals surface area contributed by atoms with Gasteiger partial charge in [0.15, 0.2) is 5.96 Å². The number of rotatable bonds is 3. The van der Waals surface area contributed by atoms with Crippen LogP contribution in [0.4, 0.5) is 0 Å². The lowest BCUT2D eigenvalue weighted by Crippen LogP contribution is -2.53. The van der Waals surface area contributed by atoms with Crippen molar-refractivity contribution in [3.8, 4) is 12.3 Å². The molecule has 2 heterocycles. The summed E-state index contributed by atoms with van der Waals surface area (Å²) in [6.45, 7) is 7.78. The highest BCUT2D eigenvalue weighted by atomic mass is 16.5. The van der Waals surface area contributed by atoms with E-state index in [9.17, 15) is 0 Å². The molecule has 0 aromatic carbocycles. The summed E-state index contributed by atoms with van der Waals surface area (Å²) in [7, 11) is 1.81. The zero-order chi connectivity index (χ0) is 13.5. The topological polar surface area (TPSA) is 40.1 Å². The van der Waals surface area contributed by atoms with Crippen molar-refractivity contribution < 1.29 is 4.74 Å². The van der Waals surface area contributed by atoms with Crippen LogP contribution >= 0.6 is 0 Å². The Morgan fingerprint density at radius 1 is 1.42 bits per heavy atom. The number of terminal acetylenes is 1. The van der Waals surface area contributed by atoms with Crippen LogP contribution in [-0.2, 0) is 4.74 Å². The molecule has 0 spiro atoms. The quantitative estimate of drug-likeness (QED) is 0.437. The number of hydrogen-bond acceptors (Lipinski definition) is 3. The highest BCUT2D eigenvalue weighted by Gasteiger charge is 2.23. The SMILES string of the molecule is C#CCNC(=NC)N1CCN(CC2CCOC2)CC1. The number of hydrogen-bond donors (Lipinski definition) is 1. The van der Waals surface area contributed by atoms with Gasteiger partial charge in [-0.05, 0) is 12.3 Å². The van der Waals surface area contributed by atoms with Crippen LogP contribution in [0.15, 0.2) is 4.99 Å². The largest absolute Gasteiger partial charge is 0.381 e. The third-order valence-electron chi connectivity index (χ3n) is 3.77. The second-order valence-corrected chi connectivity index (χ2v) is 5.12. The van der Waals surface area contributed by atoms with Crippen LogP contribution in [-0.4, -0.2) is 75.3 Å². The highest BCUT2D eigenvalue weighted by molar-refractivity contribution is 5.80. The van der Waals surface area contributed by atoms with Gasteiger partial charge in [0.1, 0.15) is 0 Å². The van der Waals surface area contributed by atoms with Crippen molar-refractivity contribution in [1.82, 2.24) is 15.1 Å². The van der Waals surface area contributed by atoms with Gasteiger partial charge < -0.3 is 15.0 Å². The van der Waals surface area contributed by atoms with Crippen molar-refractivity contribution >= 4 is 5.96 Å². The van der Waals surface area contributed by atoms with E-state index < -0.39 is 0 Å². The lowest BCUT2D eigenvalue weighted by molar-refractivity contribution is 0.139. The Labute approximate surface area is 116 Å². The Morgan fingerprint density at radius 2 is 2.21 bits per heavy atom. The van der Waals surface area contributed by atoms with Crippen LogP contribution in [0.3, 0.4) is 0 Å². The molecule has 5 heteroatoms. The summed E-state index contributed by atoms with van der Waals surface area (Å²) in [4.78, 5) is 9.08. The van der Waals surface area contributed by atoms with Gasteiger partial charge in [-0.3, -0.25) is 9.89 Å². The van der Waals surface area contributed by atoms with Crippen LogP contribution < -0.4 is 5.32 Å². The number of nitrogens with zero attached hydrogens (tertiary/aromatic N) is 3. The summed E-state index contributed by atoms with van der Waals surface area (Å²) in [6, 6.07) is 0. The van der Waals surface area contributed by atoms with Gasteiger partial charge in [-0.15, -0.1) is 6.42 Å². The molecular formula is C14H24N4O. The minimum atomic E-state index is 0.534. The van der Waals surface area contributed by atoms with Crippen molar-refractivity contribution in [2.24, 2.45) is 10.9 Å². The van der Waals surface area contributed by atoms with Crippen LogP contribution in [0, 0.1) is 18.3 Å². The van der Waals surface area contributed by atoms with Gasteiger partial charge in [0.25, 0.3) is 0 Å². The van der Waals surface area contributed by atoms with Gasteiger partial charge >= 0.3 is 0 Å². The number of ether oxygens (including phenoxy) is 1. The predicted molar refractivity (Wildman–Crippen MR) is 77.1 cm³/mol. The first kappa shape index (κ1) is 14.2. The molecule has 0 radical (unpaired) electrons. The Hall–Kier alpha value is -1.25. The second kappa shape index (κ2) is 7.37. The Bertz CT molecular complexity index is 336. The molecule has 5 nitrogen and oxygen atoms in total. The summed E-state index contributed by atoms with van der Waals surface area (Å²) in [6.07, 6.45) is 6.48. The molecule has 2 aliphatic rings. The number of aliphatic imine (C=N–C) groups is 1. The monoisotopic (exact) mass is 264 g/mol. The van der Waals surface area contributed by atoms with Gasteiger partial charge in [-0.2, -0.15) is 0 Å². The maximum Gasteiger partial charge on any atom is 0.194 e. The van der Waals surface area contributed by atoms with E-state index in [2.05, 4.69) is 26.0 Å². The van der Waals surface area contributed by atoms with Gasteiger partial charge in [0.2, 0.25) is 0 Å². The molecule has 0 aromatic heterocycles. The Balaban J connectivity index is 1.73. The van der Waals surface area contributed by atoms with E-state index in [1.165, 1.54) is 13.0 Å². The normalized spacial score (nSPS) is 25.4. The van der Waals surface area contributed by atoms with Crippen LogP contribution in [0.1, 0.15) is 6.42 Å². The standard InChI is InChI=1S/C14H24N4O/c1-3-5-16-14(15-2)18-8-6-17(7-9-18)11-13-4-10-19-12-13/h1,13H,4-12H2,2H3,(H,15,16). The average molecular weight is 264 g/mol. The second-order valence-electron chi connectivity index (χ2n) is 5.12. The molecule has 2 rings (SSSR count). The average Bonchev–Trinajstić information content (AvgIpc) is 2.94. The molecule has 2 fully saturated rings. The van der Waals surface area contributed by atoms with Gasteiger partial charge in [0, 0.05) is 46.4 Å². The summed E-state index contributed by atoms with van der Waals surface area (Å²) < 4.78 is 5.43. The minimum Gasteiger partial charge on any atom is -0.381 e. The first-order valence-corrected chi connectivity index (χ1v) is 7.02. The summed E-state index contributed by atoms with van der Waals surface area (Å²) >= 11 is 0. The Kier molecular flexibility index (Phi) is 5.49. The molecule has 1 unspecified atom stereocenters. The first-order chi connectivity index (χ1) is 9.33. The van der Waals surface area contributed by atoms with Crippen molar-refractivity contribution in [2.75, 3.05) is 59.5 Å². The number of piperazine rings is 1. The van der Waals surface area contributed by atoms with E-state index in [4.69, 9.17) is 11.2 Å². The molecule has 106 valence electrons. The minimum absolute atomic E-state index is 0.534. The van der Waals surface area contributed by atoms with E-state index >= 15 is 0 Å². The molecule has 0 saturated carbocycles. The van der Waals surface area contributed by atoms with Crippen molar-refractivity contribution in [3.05, 3.63) is 0 Å². The lowest BCUT2D eigenvalue weighted by atomic mass is 10.1. The van der Waals surface area contributed by atoms with E-state index in [1.807, 2.05) is 0 Å². The summed E-state index contributed by atoms with van der Waals surface area (Å²) in [5.74, 6) is 4.23.